The molecular weight excluding hydrogens is 400 g/mol. The highest BCUT2D eigenvalue weighted by Gasteiger charge is 2.16. The fourth-order valence-corrected chi connectivity index (χ4v) is 3.36. The van der Waals surface area contributed by atoms with E-state index in [2.05, 4.69) is 62.2 Å². The van der Waals surface area contributed by atoms with E-state index in [4.69, 9.17) is 9.47 Å². The molecular formula is C27H28N2O3. The number of benzene rings is 3. The fourth-order valence-electron chi connectivity index (χ4n) is 3.36. The smallest absolute Gasteiger partial charge is 0.173 e. The lowest BCUT2D eigenvalue weighted by atomic mass is 9.87. The van der Waals surface area contributed by atoms with E-state index in [9.17, 15) is 5.11 Å². The van der Waals surface area contributed by atoms with Gasteiger partial charge in [-0.25, -0.2) is 0 Å². The Morgan fingerprint density at radius 2 is 1.59 bits per heavy atom. The number of aryl methyl sites for hydroxylation is 1. The van der Waals surface area contributed by atoms with E-state index in [0.717, 1.165) is 5.56 Å². The Morgan fingerprint density at radius 3 is 2.25 bits per heavy atom. The Bertz CT molecular complexity index is 1190. The van der Waals surface area contributed by atoms with Crippen molar-refractivity contribution in [1.29, 1.82) is 0 Å². The summed E-state index contributed by atoms with van der Waals surface area (Å²) < 4.78 is 11.9. The molecule has 1 heterocycles. The summed E-state index contributed by atoms with van der Waals surface area (Å²) in [6.07, 6.45) is 1.61. The van der Waals surface area contributed by atoms with Gasteiger partial charge in [-0.05, 0) is 47.7 Å². The van der Waals surface area contributed by atoms with Crippen molar-refractivity contribution in [2.75, 3.05) is 0 Å². The quantitative estimate of drug-likeness (QED) is 0.356. The molecule has 0 spiro atoms. The second-order valence-electron chi connectivity index (χ2n) is 8.94. The summed E-state index contributed by atoms with van der Waals surface area (Å²) in [4.78, 5) is 0. The van der Waals surface area contributed by atoms with Crippen LogP contribution in [0.1, 0.15) is 37.5 Å². The Balaban J connectivity index is 1.48. The van der Waals surface area contributed by atoms with Crippen LogP contribution in [0.3, 0.4) is 0 Å². The lowest BCUT2D eigenvalue weighted by Gasteiger charge is -2.19. The highest BCUT2D eigenvalue weighted by Crippen LogP contribution is 2.38. The van der Waals surface area contributed by atoms with Crippen LogP contribution < -0.4 is 9.47 Å². The molecule has 0 amide bonds. The lowest BCUT2D eigenvalue weighted by molar-refractivity contribution is 0.304. The van der Waals surface area contributed by atoms with Crippen LogP contribution in [-0.2, 0) is 12.0 Å². The fraction of sp³-hybridized carbons (Fsp3) is 0.222. The highest BCUT2D eigenvalue weighted by atomic mass is 16.5. The van der Waals surface area contributed by atoms with E-state index in [1.54, 1.807) is 18.3 Å². The van der Waals surface area contributed by atoms with Gasteiger partial charge in [0.25, 0.3) is 0 Å². The number of aromatic hydroxyl groups is 1. The molecule has 0 unspecified atom stereocenters. The standard InChI is InChI=1S/C27H28N2O3/c1-18-5-7-19(8-6-18)17-31-22-13-14-23(24(30)15-22)26-25(16-28-29-26)32-21-11-9-20(10-12-21)27(2,3)4/h5-16,30H,17H2,1-4H3,(H,28,29). The minimum Gasteiger partial charge on any atom is -0.507 e. The maximum absolute atomic E-state index is 10.6. The van der Waals surface area contributed by atoms with Gasteiger partial charge < -0.3 is 14.6 Å². The van der Waals surface area contributed by atoms with Crippen molar-refractivity contribution in [3.63, 3.8) is 0 Å². The minimum absolute atomic E-state index is 0.0778. The Labute approximate surface area is 188 Å². The topological polar surface area (TPSA) is 67.4 Å². The third-order valence-corrected chi connectivity index (χ3v) is 5.32. The number of H-pyrrole nitrogens is 1. The predicted molar refractivity (Wildman–Crippen MR) is 126 cm³/mol. The molecule has 0 aliphatic rings. The molecule has 1 aromatic heterocycles. The van der Waals surface area contributed by atoms with Crippen LogP contribution in [-0.4, -0.2) is 15.3 Å². The molecule has 3 aromatic carbocycles. The molecule has 164 valence electrons. The molecule has 0 bridgehead atoms. The van der Waals surface area contributed by atoms with Crippen molar-refractivity contribution in [2.45, 2.75) is 39.7 Å². The summed E-state index contributed by atoms with van der Waals surface area (Å²) in [6, 6.07) is 21.4. The first-order valence-electron chi connectivity index (χ1n) is 10.6. The molecule has 0 aliphatic heterocycles. The average molecular weight is 429 g/mol. The summed E-state index contributed by atoms with van der Waals surface area (Å²) in [5, 5.41) is 17.7. The van der Waals surface area contributed by atoms with E-state index in [1.807, 2.05) is 30.3 Å². The number of aromatic nitrogens is 2. The Hall–Kier alpha value is -3.73. The van der Waals surface area contributed by atoms with E-state index >= 15 is 0 Å². The van der Waals surface area contributed by atoms with E-state index in [0.29, 0.717) is 35.1 Å². The molecule has 2 N–H and O–H groups in total. The second-order valence-corrected chi connectivity index (χ2v) is 8.94. The zero-order valence-corrected chi connectivity index (χ0v) is 18.8. The van der Waals surface area contributed by atoms with Crippen LogP contribution in [0, 0.1) is 6.92 Å². The van der Waals surface area contributed by atoms with Crippen LogP contribution in [0.25, 0.3) is 11.3 Å². The number of aromatic amines is 1. The van der Waals surface area contributed by atoms with Gasteiger partial charge in [-0.15, -0.1) is 0 Å². The molecule has 0 aliphatic carbocycles. The molecule has 5 heteroatoms. The van der Waals surface area contributed by atoms with Crippen molar-refractivity contribution in [3.05, 3.63) is 89.6 Å². The monoisotopic (exact) mass is 428 g/mol. The van der Waals surface area contributed by atoms with E-state index < -0.39 is 0 Å². The van der Waals surface area contributed by atoms with Crippen LogP contribution in [0.5, 0.6) is 23.0 Å². The number of hydrogen-bond donors (Lipinski definition) is 2. The minimum atomic E-state index is 0.0778. The Kier molecular flexibility index (Phi) is 5.91. The molecule has 4 rings (SSSR count). The van der Waals surface area contributed by atoms with E-state index in [1.165, 1.54) is 11.1 Å². The number of hydrogen-bond acceptors (Lipinski definition) is 4. The number of phenolic OH excluding ortho intramolecular Hbond substituents is 1. The number of phenols is 1. The number of rotatable bonds is 6. The molecule has 0 saturated carbocycles. The molecule has 4 aromatic rings. The van der Waals surface area contributed by atoms with Crippen LogP contribution in [0.2, 0.25) is 0 Å². The molecule has 0 fully saturated rings. The number of nitrogens with one attached hydrogen (secondary N) is 1. The third-order valence-electron chi connectivity index (χ3n) is 5.32. The summed E-state index contributed by atoms with van der Waals surface area (Å²) in [7, 11) is 0. The lowest BCUT2D eigenvalue weighted by Crippen LogP contribution is -2.10. The van der Waals surface area contributed by atoms with Gasteiger partial charge in [-0.1, -0.05) is 62.7 Å². The summed E-state index contributed by atoms with van der Waals surface area (Å²) in [6.45, 7) is 9.01. The van der Waals surface area contributed by atoms with Crippen LogP contribution >= 0.6 is 0 Å². The zero-order valence-electron chi connectivity index (χ0n) is 18.8. The predicted octanol–water partition coefficient (Wildman–Crippen LogP) is 6.76. The van der Waals surface area contributed by atoms with Gasteiger partial charge in [-0.2, -0.15) is 5.10 Å². The van der Waals surface area contributed by atoms with Crippen molar-refractivity contribution in [1.82, 2.24) is 10.2 Å². The van der Waals surface area contributed by atoms with Crippen molar-refractivity contribution in [2.24, 2.45) is 0 Å². The summed E-state index contributed by atoms with van der Waals surface area (Å²) in [5.74, 6) is 1.92. The normalized spacial score (nSPS) is 11.4. The molecule has 0 saturated heterocycles. The second kappa shape index (κ2) is 8.79. The molecule has 0 radical (unpaired) electrons. The van der Waals surface area contributed by atoms with Crippen LogP contribution in [0.4, 0.5) is 0 Å². The largest absolute Gasteiger partial charge is 0.507 e. The SMILES string of the molecule is Cc1ccc(COc2ccc(-c3[nH]ncc3Oc3ccc(C(C)(C)C)cc3)c(O)c2)cc1. The Morgan fingerprint density at radius 1 is 0.906 bits per heavy atom. The highest BCUT2D eigenvalue weighted by molar-refractivity contribution is 5.73. The van der Waals surface area contributed by atoms with Gasteiger partial charge in [0, 0.05) is 11.6 Å². The van der Waals surface area contributed by atoms with Crippen molar-refractivity contribution in [3.8, 4) is 34.3 Å². The van der Waals surface area contributed by atoms with Gasteiger partial charge in [-0.3, -0.25) is 5.10 Å². The van der Waals surface area contributed by atoms with E-state index in [-0.39, 0.29) is 11.2 Å². The first-order chi connectivity index (χ1) is 15.3. The molecule has 32 heavy (non-hydrogen) atoms. The molecule has 5 nitrogen and oxygen atoms in total. The van der Waals surface area contributed by atoms with Crippen molar-refractivity contribution < 1.29 is 14.6 Å². The molecule has 0 atom stereocenters. The summed E-state index contributed by atoms with van der Waals surface area (Å²) >= 11 is 0. The van der Waals surface area contributed by atoms with Crippen LogP contribution in [0.15, 0.2) is 72.9 Å². The first kappa shape index (κ1) is 21.5. The zero-order chi connectivity index (χ0) is 22.7. The van der Waals surface area contributed by atoms with Gasteiger partial charge in [0.05, 0.1) is 6.20 Å². The van der Waals surface area contributed by atoms with Gasteiger partial charge in [0.2, 0.25) is 0 Å². The number of nitrogens with zero attached hydrogens (tertiary/aromatic N) is 1. The number of ether oxygens (including phenoxy) is 2. The third kappa shape index (κ3) is 4.94. The van der Waals surface area contributed by atoms with Crippen molar-refractivity contribution >= 4 is 0 Å². The summed E-state index contributed by atoms with van der Waals surface area (Å²) in [5.41, 5.74) is 4.78. The van der Waals surface area contributed by atoms with Gasteiger partial charge in [0.1, 0.15) is 29.5 Å². The maximum Gasteiger partial charge on any atom is 0.173 e. The van der Waals surface area contributed by atoms with Gasteiger partial charge in [0.15, 0.2) is 5.75 Å². The average Bonchev–Trinajstić information content (AvgIpc) is 3.21. The van der Waals surface area contributed by atoms with Gasteiger partial charge >= 0.3 is 0 Å². The first-order valence-corrected chi connectivity index (χ1v) is 10.6. The maximum atomic E-state index is 10.6.